The minimum absolute atomic E-state index is 0.0540. The largest absolute Gasteiger partial charge is 0.268 e. The van der Waals surface area contributed by atoms with Crippen LogP contribution in [0.4, 0.5) is 0 Å². The lowest BCUT2D eigenvalue weighted by molar-refractivity contribution is 0.934. The van der Waals surface area contributed by atoms with Crippen molar-refractivity contribution in [2.45, 2.75) is 13.8 Å². The Balaban J connectivity index is 1.98. The van der Waals surface area contributed by atoms with E-state index in [0.29, 0.717) is 16.7 Å². The lowest BCUT2D eigenvalue weighted by atomic mass is 10.1. The van der Waals surface area contributed by atoms with Crippen LogP contribution in [0.25, 0.3) is 28.7 Å². The molecule has 0 saturated heterocycles. The fourth-order valence-corrected chi connectivity index (χ4v) is 3.77. The van der Waals surface area contributed by atoms with Gasteiger partial charge in [0.1, 0.15) is 5.82 Å². The van der Waals surface area contributed by atoms with Gasteiger partial charge in [0.2, 0.25) is 0 Å². The molecular formula is C24H19IN2O. The Hall–Kier alpha value is -2.73. The van der Waals surface area contributed by atoms with Crippen LogP contribution in [0.2, 0.25) is 0 Å². The summed E-state index contributed by atoms with van der Waals surface area (Å²) >= 11 is 2.22. The highest BCUT2D eigenvalue weighted by Crippen LogP contribution is 2.19. The van der Waals surface area contributed by atoms with Crippen LogP contribution in [0.5, 0.6) is 0 Å². The summed E-state index contributed by atoms with van der Waals surface area (Å²) in [5.74, 6) is 0.620. The highest BCUT2D eigenvalue weighted by Gasteiger charge is 2.13. The third-order valence-electron chi connectivity index (χ3n) is 4.68. The molecule has 0 saturated carbocycles. The predicted molar refractivity (Wildman–Crippen MR) is 125 cm³/mol. The molecule has 28 heavy (non-hydrogen) atoms. The van der Waals surface area contributed by atoms with Crippen LogP contribution < -0.4 is 5.56 Å². The molecule has 4 rings (SSSR count). The van der Waals surface area contributed by atoms with Crippen molar-refractivity contribution < 1.29 is 0 Å². The molecule has 138 valence electrons. The SMILES string of the molecule is Cc1cccc(C=Cc2nc3ccc(I)cc3c(=O)n2-c2ccccc2C)c1. The Kier molecular flexibility index (Phi) is 5.13. The van der Waals surface area contributed by atoms with Crippen LogP contribution in [0.15, 0.2) is 71.5 Å². The zero-order valence-corrected chi connectivity index (χ0v) is 17.8. The lowest BCUT2D eigenvalue weighted by Crippen LogP contribution is -2.23. The summed E-state index contributed by atoms with van der Waals surface area (Å²) in [7, 11) is 0. The average molecular weight is 478 g/mol. The number of benzene rings is 3. The molecule has 0 bridgehead atoms. The van der Waals surface area contributed by atoms with Crippen molar-refractivity contribution in [3.63, 3.8) is 0 Å². The van der Waals surface area contributed by atoms with Crippen molar-refractivity contribution in [1.29, 1.82) is 0 Å². The predicted octanol–water partition coefficient (Wildman–Crippen LogP) is 5.78. The number of fused-ring (bicyclic) bond motifs is 1. The van der Waals surface area contributed by atoms with E-state index < -0.39 is 0 Å². The first kappa shape index (κ1) is 18.6. The van der Waals surface area contributed by atoms with Crippen molar-refractivity contribution in [3.05, 3.63) is 103 Å². The summed E-state index contributed by atoms with van der Waals surface area (Å²) in [6.07, 6.45) is 3.92. The minimum atomic E-state index is -0.0540. The van der Waals surface area contributed by atoms with E-state index in [0.717, 1.165) is 20.4 Å². The number of hydrogen-bond acceptors (Lipinski definition) is 2. The first-order valence-corrected chi connectivity index (χ1v) is 10.1. The van der Waals surface area contributed by atoms with Gasteiger partial charge in [0.15, 0.2) is 0 Å². The molecule has 4 aromatic rings. The van der Waals surface area contributed by atoms with Gasteiger partial charge in [-0.2, -0.15) is 0 Å². The number of aromatic nitrogens is 2. The summed E-state index contributed by atoms with van der Waals surface area (Å²) in [4.78, 5) is 18.2. The minimum Gasteiger partial charge on any atom is -0.268 e. The van der Waals surface area contributed by atoms with E-state index in [4.69, 9.17) is 4.98 Å². The summed E-state index contributed by atoms with van der Waals surface area (Å²) in [5.41, 5.74) is 4.81. The summed E-state index contributed by atoms with van der Waals surface area (Å²) in [5, 5.41) is 0.628. The molecule has 4 heteroatoms. The second-order valence-electron chi connectivity index (χ2n) is 6.81. The monoisotopic (exact) mass is 478 g/mol. The number of rotatable bonds is 3. The Morgan fingerprint density at radius 2 is 1.75 bits per heavy atom. The van der Waals surface area contributed by atoms with Crippen LogP contribution in [0.1, 0.15) is 22.5 Å². The third kappa shape index (κ3) is 3.64. The molecule has 0 aliphatic rings. The molecule has 0 atom stereocenters. The number of aryl methyl sites for hydroxylation is 2. The molecule has 0 radical (unpaired) electrons. The Labute approximate surface area is 177 Å². The quantitative estimate of drug-likeness (QED) is 0.350. The maximum absolute atomic E-state index is 13.4. The molecule has 0 fully saturated rings. The van der Waals surface area contributed by atoms with Gasteiger partial charge >= 0.3 is 0 Å². The number of nitrogens with zero attached hydrogens (tertiary/aromatic N) is 2. The van der Waals surface area contributed by atoms with Gasteiger partial charge in [-0.1, -0.05) is 54.1 Å². The number of halogens is 1. The van der Waals surface area contributed by atoms with Gasteiger partial charge in [0, 0.05) is 3.57 Å². The Morgan fingerprint density at radius 3 is 2.54 bits per heavy atom. The fourth-order valence-electron chi connectivity index (χ4n) is 3.28. The molecule has 3 aromatic carbocycles. The van der Waals surface area contributed by atoms with E-state index in [2.05, 4.69) is 41.6 Å². The standard InChI is InChI=1S/C24H19IN2O/c1-16-6-5-8-18(14-16)10-13-23-26-21-12-11-19(25)15-20(21)24(28)27(23)22-9-4-3-7-17(22)2/h3-15H,1-2H3. The molecular weight excluding hydrogens is 459 g/mol. The van der Waals surface area contributed by atoms with Gasteiger partial charge in [0.25, 0.3) is 5.56 Å². The zero-order valence-electron chi connectivity index (χ0n) is 15.7. The van der Waals surface area contributed by atoms with Crippen LogP contribution in [0.3, 0.4) is 0 Å². The van der Waals surface area contributed by atoms with Gasteiger partial charge in [-0.05, 0) is 77.9 Å². The number of hydrogen-bond donors (Lipinski definition) is 0. The van der Waals surface area contributed by atoms with Gasteiger partial charge in [-0.15, -0.1) is 0 Å². The van der Waals surface area contributed by atoms with Crippen LogP contribution in [0, 0.1) is 17.4 Å². The van der Waals surface area contributed by atoms with Crippen molar-refractivity contribution in [3.8, 4) is 5.69 Å². The van der Waals surface area contributed by atoms with Gasteiger partial charge in [-0.25, -0.2) is 4.98 Å². The molecule has 1 aromatic heterocycles. The molecule has 3 nitrogen and oxygen atoms in total. The smallest absolute Gasteiger partial charge is 0.266 e. The summed E-state index contributed by atoms with van der Waals surface area (Å²) in [6.45, 7) is 4.07. The number of para-hydroxylation sites is 1. The van der Waals surface area contributed by atoms with Crippen molar-refractivity contribution in [1.82, 2.24) is 9.55 Å². The molecule has 1 heterocycles. The fraction of sp³-hybridized carbons (Fsp3) is 0.0833. The van der Waals surface area contributed by atoms with Gasteiger partial charge < -0.3 is 0 Å². The van der Waals surface area contributed by atoms with Crippen LogP contribution >= 0.6 is 22.6 Å². The van der Waals surface area contributed by atoms with Gasteiger partial charge in [-0.3, -0.25) is 9.36 Å². The summed E-state index contributed by atoms with van der Waals surface area (Å²) < 4.78 is 2.73. The van der Waals surface area contributed by atoms with E-state index in [1.54, 1.807) is 4.57 Å². The van der Waals surface area contributed by atoms with Crippen molar-refractivity contribution >= 4 is 45.6 Å². The maximum Gasteiger partial charge on any atom is 0.266 e. The maximum atomic E-state index is 13.4. The second-order valence-corrected chi connectivity index (χ2v) is 8.05. The lowest BCUT2D eigenvalue weighted by Gasteiger charge is -2.13. The van der Waals surface area contributed by atoms with E-state index in [1.165, 1.54) is 5.56 Å². The first-order chi connectivity index (χ1) is 13.5. The van der Waals surface area contributed by atoms with Crippen molar-refractivity contribution in [2.75, 3.05) is 0 Å². The summed E-state index contributed by atoms with van der Waals surface area (Å²) in [6, 6.07) is 21.9. The Morgan fingerprint density at radius 1 is 0.929 bits per heavy atom. The first-order valence-electron chi connectivity index (χ1n) is 9.06. The van der Waals surface area contributed by atoms with E-state index in [1.807, 2.05) is 73.7 Å². The molecule has 0 unspecified atom stereocenters. The highest BCUT2D eigenvalue weighted by atomic mass is 127. The van der Waals surface area contributed by atoms with Crippen molar-refractivity contribution in [2.24, 2.45) is 0 Å². The Bertz CT molecular complexity index is 1270. The van der Waals surface area contributed by atoms with E-state index in [9.17, 15) is 4.79 Å². The molecule has 0 aliphatic heterocycles. The van der Waals surface area contributed by atoms with Crippen LogP contribution in [-0.2, 0) is 0 Å². The van der Waals surface area contributed by atoms with E-state index >= 15 is 0 Å². The average Bonchev–Trinajstić information content (AvgIpc) is 2.68. The van der Waals surface area contributed by atoms with Crippen LogP contribution in [-0.4, -0.2) is 9.55 Å². The third-order valence-corrected chi connectivity index (χ3v) is 5.35. The van der Waals surface area contributed by atoms with E-state index in [-0.39, 0.29) is 5.56 Å². The topological polar surface area (TPSA) is 34.9 Å². The zero-order chi connectivity index (χ0) is 19.7. The molecule has 0 N–H and O–H groups in total. The second kappa shape index (κ2) is 7.72. The molecule has 0 aliphatic carbocycles. The normalized spacial score (nSPS) is 11.4. The molecule has 0 spiro atoms. The molecule has 0 amide bonds. The van der Waals surface area contributed by atoms with Gasteiger partial charge in [0.05, 0.1) is 16.6 Å². The highest BCUT2D eigenvalue weighted by molar-refractivity contribution is 14.1.